The maximum absolute atomic E-state index is 13.0. The van der Waals surface area contributed by atoms with Gasteiger partial charge in [-0.3, -0.25) is 4.90 Å². The highest BCUT2D eigenvalue weighted by Crippen LogP contribution is 2.31. The standard InChI is InChI=1S/C22H24ClN5O4S2/c1-26(17-7-9-27(10-8-17)13-16-5-3-2-4-6-16)21-19(23)11-18(12-24-21)34(31,32)28(22(29)30)20-14-33-15-25-20/h2-6,11-12,14-15,17H,7-10,13H2,1H3,(H,29,30). The third kappa shape index (κ3) is 5.17. The van der Waals surface area contributed by atoms with E-state index in [0.717, 1.165) is 50.0 Å². The van der Waals surface area contributed by atoms with E-state index in [0.29, 0.717) is 5.82 Å². The van der Waals surface area contributed by atoms with E-state index in [1.807, 2.05) is 30.1 Å². The number of carbonyl (C=O) groups is 1. The molecule has 0 atom stereocenters. The van der Waals surface area contributed by atoms with E-state index in [2.05, 4.69) is 27.0 Å². The van der Waals surface area contributed by atoms with Crippen LogP contribution in [-0.2, 0) is 16.6 Å². The molecule has 1 N–H and O–H groups in total. The Morgan fingerprint density at radius 2 is 1.94 bits per heavy atom. The Bertz CT molecular complexity index is 1230. The molecule has 0 spiro atoms. The lowest BCUT2D eigenvalue weighted by Crippen LogP contribution is -2.43. The van der Waals surface area contributed by atoms with E-state index in [9.17, 15) is 18.3 Å². The largest absolute Gasteiger partial charge is 0.464 e. The lowest BCUT2D eigenvalue weighted by atomic mass is 10.0. The van der Waals surface area contributed by atoms with E-state index >= 15 is 0 Å². The van der Waals surface area contributed by atoms with Crippen LogP contribution in [0.3, 0.4) is 0 Å². The van der Waals surface area contributed by atoms with Crippen molar-refractivity contribution in [1.29, 1.82) is 0 Å². The van der Waals surface area contributed by atoms with Crippen LogP contribution in [0.25, 0.3) is 0 Å². The second-order valence-corrected chi connectivity index (χ2v) is 10.9. The molecule has 0 aliphatic carbocycles. The molecule has 3 aromatic rings. The average molecular weight is 522 g/mol. The van der Waals surface area contributed by atoms with Gasteiger partial charge in [-0.15, -0.1) is 15.6 Å². The summed E-state index contributed by atoms with van der Waals surface area (Å²) in [5.41, 5.74) is 2.64. The maximum Gasteiger partial charge on any atom is 0.427 e. The monoisotopic (exact) mass is 521 g/mol. The molecule has 34 heavy (non-hydrogen) atoms. The number of anilines is 2. The fourth-order valence-electron chi connectivity index (χ4n) is 4.03. The first kappa shape index (κ1) is 24.4. The number of carboxylic acid groups (broad SMARTS) is 1. The second-order valence-electron chi connectivity index (χ2n) is 7.98. The van der Waals surface area contributed by atoms with E-state index in [4.69, 9.17) is 11.6 Å². The molecule has 3 heterocycles. The highest BCUT2D eigenvalue weighted by Gasteiger charge is 2.34. The molecule has 0 radical (unpaired) electrons. The van der Waals surface area contributed by atoms with Crippen LogP contribution in [0.5, 0.6) is 0 Å². The summed E-state index contributed by atoms with van der Waals surface area (Å²) in [4.78, 5) is 23.8. The first-order valence-corrected chi connectivity index (χ1v) is 13.3. The fourth-order valence-corrected chi connectivity index (χ4v) is 6.19. The van der Waals surface area contributed by atoms with E-state index in [1.54, 1.807) is 0 Å². The summed E-state index contributed by atoms with van der Waals surface area (Å²) in [6.45, 7) is 2.76. The van der Waals surface area contributed by atoms with Gasteiger partial charge in [-0.2, -0.15) is 0 Å². The van der Waals surface area contributed by atoms with Gasteiger partial charge in [-0.25, -0.2) is 23.2 Å². The quantitative estimate of drug-likeness (QED) is 0.493. The molecule has 0 unspecified atom stereocenters. The van der Waals surface area contributed by atoms with Crippen molar-refractivity contribution in [3.63, 3.8) is 0 Å². The smallest absolute Gasteiger partial charge is 0.427 e. The molecule has 0 bridgehead atoms. The number of hydrogen-bond acceptors (Lipinski definition) is 8. The predicted molar refractivity (Wildman–Crippen MR) is 132 cm³/mol. The first-order chi connectivity index (χ1) is 16.3. The number of amides is 1. The maximum atomic E-state index is 13.0. The van der Waals surface area contributed by atoms with Crippen LogP contribution >= 0.6 is 22.9 Å². The van der Waals surface area contributed by atoms with E-state index in [1.165, 1.54) is 22.5 Å². The Balaban J connectivity index is 1.46. The van der Waals surface area contributed by atoms with Gasteiger partial charge in [0.1, 0.15) is 10.7 Å². The van der Waals surface area contributed by atoms with Crippen molar-refractivity contribution in [2.45, 2.75) is 30.3 Å². The third-order valence-electron chi connectivity index (χ3n) is 5.82. The van der Waals surface area contributed by atoms with Gasteiger partial charge in [-0.05, 0) is 24.5 Å². The van der Waals surface area contributed by atoms with Crippen molar-refractivity contribution in [2.24, 2.45) is 0 Å². The van der Waals surface area contributed by atoms with Gasteiger partial charge in [0.15, 0.2) is 5.82 Å². The Kier molecular flexibility index (Phi) is 7.36. The van der Waals surface area contributed by atoms with Gasteiger partial charge >= 0.3 is 6.09 Å². The second kappa shape index (κ2) is 10.3. The van der Waals surface area contributed by atoms with Crippen molar-refractivity contribution in [2.75, 3.05) is 29.3 Å². The minimum absolute atomic E-state index is 0.138. The Labute approximate surface area is 207 Å². The van der Waals surface area contributed by atoms with Crippen molar-refractivity contribution in [1.82, 2.24) is 14.9 Å². The minimum Gasteiger partial charge on any atom is -0.464 e. The number of thiazole rings is 1. The van der Waals surface area contributed by atoms with Crippen molar-refractivity contribution < 1.29 is 18.3 Å². The zero-order chi connectivity index (χ0) is 24.3. The predicted octanol–water partition coefficient (Wildman–Crippen LogP) is 4.17. The van der Waals surface area contributed by atoms with Crippen molar-refractivity contribution in [3.05, 3.63) is 64.1 Å². The highest BCUT2D eigenvalue weighted by molar-refractivity contribution is 7.93. The molecule has 12 heteroatoms. The molecular formula is C22H24ClN5O4S2. The number of piperidine rings is 1. The first-order valence-electron chi connectivity index (χ1n) is 10.6. The molecule has 1 saturated heterocycles. The van der Waals surface area contributed by atoms with Crippen LogP contribution in [0.15, 0.2) is 58.4 Å². The number of halogens is 1. The number of pyridine rings is 1. The van der Waals surface area contributed by atoms with Crippen LogP contribution in [0, 0.1) is 0 Å². The number of sulfonamides is 1. The Hall–Kier alpha value is -2.73. The summed E-state index contributed by atoms with van der Waals surface area (Å²) in [5, 5.41) is 11.0. The number of rotatable bonds is 7. The molecule has 9 nitrogen and oxygen atoms in total. The third-order valence-corrected chi connectivity index (χ3v) is 8.32. The van der Waals surface area contributed by atoms with Gasteiger partial charge < -0.3 is 10.0 Å². The summed E-state index contributed by atoms with van der Waals surface area (Å²) in [6, 6.07) is 11.8. The van der Waals surface area contributed by atoms with Crippen molar-refractivity contribution in [3.8, 4) is 0 Å². The number of aromatic nitrogens is 2. The number of likely N-dealkylation sites (tertiary alicyclic amines) is 1. The summed E-state index contributed by atoms with van der Waals surface area (Å²) < 4.78 is 26.2. The zero-order valence-corrected chi connectivity index (χ0v) is 20.8. The number of nitrogens with zero attached hydrogens (tertiary/aromatic N) is 5. The summed E-state index contributed by atoms with van der Waals surface area (Å²) in [7, 11) is -2.56. The Morgan fingerprint density at radius 1 is 1.24 bits per heavy atom. The average Bonchev–Trinajstić information content (AvgIpc) is 3.33. The van der Waals surface area contributed by atoms with Crippen molar-refractivity contribution >= 4 is 50.7 Å². The van der Waals surface area contributed by atoms with Gasteiger partial charge in [0.2, 0.25) is 0 Å². The van der Waals surface area contributed by atoms with Gasteiger partial charge in [0.05, 0.1) is 10.5 Å². The van der Waals surface area contributed by atoms with Crippen LogP contribution in [0.2, 0.25) is 5.02 Å². The molecule has 2 aromatic heterocycles. The van der Waals surface area contributed by atoms with Crippen LogP contribution in [0.1, 0.15) is 18.4 Å². The van der Waals surface area contributed by atoms with Gasteiger partial charge in [0, 0.05) is 44.3 Å². The number of benzene rings is 1. The van der Waals surface area contributed by atoms with Gasteiger partial charge in [-0.1, -0.05) is 41.9 Å². The van der Waals surface area contributed by atoms with E-state index in [-0.39, 0.29) is 26.1 Å². The molecular weight excluding hydrogens is 498 g/mol. The molecule has 1 amide bonds. The summed E-state index contributed by atoms with van der Waals surface area (Å²) >= 11 is 7.53. The normalized spacial score (nSPS) is 15.2. The van der Waals surface area contributed by atoms with Crippen LogP contribution in [0.4, 0.5) is 16.4 Å². The van der Waals surface area contributed by atoms with Crippen LogP contribution < -0.4 is 9.21 Å². The topological polar surface area (TPSA) is 107 Å². The molecule has 1 aliphatic rings. The van der Waals surface area contributed by atoms with Crippen LogP contribution in [-0.4, -0.2) is 60.7 Å². The molecule has 1 aromatic carbocycles. The fraction of sp³-hybridized carbons (Fsp3) is 0.318. The molecule has 1 fully saturated rings. The molecule has 4 rings (SSSR count). The Morgan fingerprint density at radius 3 is 2.53 bits per heavy atom. The summed E-state index contributed by atoms with van der Waals surface area (Å²) in [5.74, 6) is 0.259. The molecule has 0 saturated carbocycles. The molecule has 180 valence electrons. The lowest BCUT2D eigenvalue weighted by Gasteiger charge is -2.37. The summed E-state index contributed by atoms with van der Waals surface area (Å²) in [6.07, 6.45) is 1.31. The lowest BCUT2D eigenvalue weighted by molar-refractivity contribution is 0.203. The highest BCUT2D eigenvalue weighted by atomic mass is 35.5. The zero-order valence-electron chi connectivity index (χ0n) is 18.4. The minimum atomic E-state index is -4.44. The number of hydrogen-bond donors (Lipinski definition) is 1. The van der Waals surface area contributed by atoms with Gasteiger partial charge in [0.25, 0.3) is 10.0 Å². The van der Waals surface area contributed by atoms with E-state index < -0.39 is 16.1 Å². The molecule has 1 aliphatic heterocycles. The SMILES string of the molecule is CN(c1ncc(S(=O)(=O)N(C(=O)O)c2cscn2)cc1Cl)C1CCN(Cc2ccccc2)CC1.